The predicted octanol–water partition coefficient (Wildman–Crippen LogP) is 2.14. The van der Waals surface area contributed by atoms with Crippen molar-refractivity contribution in [3.8, 4) is 11.5 Å². The SMILES string of the molecule is Cc1cccc(-c2nnc(SCC(=O)NC[C@H](c3ccccc3)[NH+](C)C)o2)c1. The van der Waals surface area contributed by atoms with Gasteiger partial charge in [0.25, 0.3) is 5.22 Å². The van der Waals surface area contributed by atoms with Crippen LogP contribution >= 0.6 is 11.8 Å². The van der Waals surface area contributed by atoms with Gasteiger partial charge >= 0.3 is 0 Å². The van der Waals surface area contributed by atoms with Crippen LogP contribution in [0.4, 0.5) is 0 Å². The van der Waals surface area contributed by atoms with E-state index in [4.69, 9.17) is 4.42 Å². The molecule has 6 nitrogen and oxygen atoms in total. The van der Waals surface area contributed by atoms with Gasteiger partial charge in [0.1, 0.15) is 6.04 Å². The van der Waals surface area contributed by atoms with E-state index >= 15 is 0 Å². The second-order valence-corrected chi connectivity index (χ2v) is 7.80. The number of likely N-dealkylation sites (N-methyl/N-ethyl adjacent to an activating group) is 1. The molecule has 3 aromatic rings. The van der Waals surface area contributed by atoms with E-state index in [2.05, 4.69) is 41.7 Å². The summed E-state index contributed by atoms with van der Waals surface area (Å²) < 4.78 is 5.66. The Morgan fingerprint density at radius 1 is 1.14 bits per heavy atom. The minimum atomic E-state index is -0.0533. The number of amides is 1. The lowest BCUT2D eigenvalue weighted by Gasteiger charge is -2.22. The van der Waals surface area contributed by atoms with Gasteiger partial charge in [-0.1, -0.05) is 59.8 Å². The molecule has 0 radical (unpaired) electrons. The maximum Gasteiger partial charge on any atom is 0.277 e. The van der Waals surface area contributed by atoms with Crippen molar-refractivity contribution in [1.29, 1.82) is 0 Å². The van der Waals surface area contributed by atoms with Crippen molar-refractivity contribution >= 4 is 17.7 Å². The first-order valence-corrected chi connectivity index (χ1v) is 10.2. The lowest BCUT2D eigenvalue weighted by atomic mass is 10.1. The molecule has 0 fully saturated rings. The Morgan fingerprint density at radius 3 is 2.64 bits per heavy atom. The van der Waals surface area contributed by atoms with Crippen LogP contribution in [0.15, 0.2) is 64.2 Å². The van der Waals surface area contributed by atoms with E-state index < -0.39 is 0 Å². The number of thioether (sulfide) groups is 1. The zero-order chi connectivity index (χ0) is 19.9. The van der Waals surface area contributed by atoms with E-state index in [0.29, 0.717) is 17.7 Å². The highest BCUT2D eigenvalue weighted by atomic mass is 32.2. The summed E-state index contributed by atoms with van der Waals surface area (Å²) in [6, 6.07) is 18.3. The molecule has 146 valence electrons. The monoisotopic (exact) mass is 397 g/mol. The number of quaternary nitrogens is 1. The van der Waals surface area contributed by atoms with Gasteiger partial charge in [-0.05, 0) is 19.1 Å². The summed E-state index contributed by atoms with van der Waals surface area (Å²) in [6.45, 7) is 2.59. The summed E-state index contributed by atoms with van der Waals surface area (Å²) in [5, 5.41) is 11.5. The molecule has 1 aromatic heterocycles. The van der Waals surface area contributed by atoms with Gasteiger partial charge in [0, 0.05) is 11.1 Å². The van der Waals surface area contributed by atoms with Gasteiger partial charge in [-0.2, -0.15) is 0 Å². The van der Waals surface area contributed by atoms with Crippen LogP contribution in [0.3, 0.4) is 0 Å². The van der Waals surface area contributed by atoms with Gasteiger partial charge in [-0.3, -0.25) is 4.79 Å². The molecule has 2 aromatic carbocycles. The van der Waals surface area contributed by atoms with Gasteiger partial charge in [-0.25, -0.2) is 0 Å². The van der Waals surface area contributed by atoms with Crippen LogP contribution in [0.1, 0.15) is 17.2 Å². The second kappa shape index (κ2) is 9.52. The number of hydrogen-bond acceptors (Lipinski definition) is 5. The molecule has 0 bridgehead atoms. The molecule has 2 N–H and O–H groups in total. The first-order valence-electron chi connectivity index (χ1n) is 9.18. The molecule has 28 heavy (non-hydrogen) atoms. The molecule has 7 heteroatoms. The maximum atomic E-state index is 12.3. The summed E-state index contributed by atoms with van der Waals surface area (Å²) in [6.07, 6.45) is 0. The van der Waals surface area contributed by atoms with Crippen LogP contribution in [0.5, 0.6) is 0 Å². The standard InChI is InChI=1S/C21H24N4O2S/c1-15-8-7-11-17(12-15)20-23-24-21(27-20)28-14-19(26)22-13-18(25(2)3)16-9-5-4-6-10-16/h4-12,18H,13-14H2,1-3H3,(H,22,26)/p+1/t18-/m1/s1. The van der Waals surface area contributed by atoms with Crippen molar-refractivity contribution in [2.75, 3.05) is 26.4 Å². The number of carbonyl (C=O) groups is 1. The Morgan fingerprint density at radius 2 is 1.93 bits per heavy atom. The van der Waals surface area contributed by atoms with E-state index in [-0.39, 0.29) is 17.7 Å². The lowest BCUT2D eigenvalue weighted by Crippen LogP contribution is -3.07. The number of aromatic nitrogens is 2. The largest absolute Gasteiger partial charge is 0.411 e. The molecule has 0 spiro atoms. The minimum absolute atomic E-state index is 0.0533. The average Bonchev–Trinajstić information content (AvgIpc) is 3.16. The van der Waals surface area contributed by atoms with Crippen LogP contribution in [-0.4, -0.2) is 42.5 Å². The highest BCUT2D eigenvalue weighted by Crippen LogP contribution is 2.23. The molecule has 0 saturated heterocycles. The third-order valence-electron chi connectivity index (χ3n) is 4.40. The summed E-state index contributed by atoms with van der Waals surface area (Å²) in [4.78, 5) is 13.5. The van der Waals surface area contributed by atoms with E-state index in [9.17, 15) is 4.79 Å². The van der Waals surface area contributed by atoms with Gasteiger partial charge in [-0.15, -0.1) is 10.2 Å². The first-order chi connectivity index (χ1) is 13.5. The van der Waals surface area contributed by atoms with Crippen molar-refractivity contribution in [1.82, 2.24) is 15.5 Å². The molecule has 1 amide bonds. The van der Waals surface area contributed by atoms with Gasteiger partial charge < -0.3 is 14.6 Å². The quantitative estimate of drug-likeness (QED) is 0.570. The molecule has 3 rings (SSSR count). The highest BCUT2D eigenvalue weighted by Gasteiger charge is 2.19. The Kier molecular flexibility index (Phi) is 6.84. The number of benzene rings is 2. The summed E-state index contributed by atoms with van der Waals surface area (Å²) in [7, 11) is 4.17. The molecule has 0 saturated carbocycles. The summed E-state index contributed by atoms with van der Waals surface area (Å²) in [5.41, 5.74) is 3.21. The molecule has 0 aliphatic heterocycles. The first kappa shape index (κ1) is 20.1. The fraction of sp³-hybridized carbons (Fsp3) is 0.286. The minimum Gasteiger partial charge on any atom is -0.411 e. The van der Waals surface area contributed by atoms with Crippen molar-refractivity contribution in [2.24, 2.45) is 0 Å². The fourth-order valence-corrected chi connectivity index (χ4v) is 3.49. The van der Waals surface area contributed by atoms with Crippen molar-refractivity contribution < 1.29 is 14.1 Å². The number of nitrogens with one attached hydrogen (secondary N) is 2. The third kappa shape index (κ3) is 5.43. The van der Waals surface area contributed by atoms with Crippen LogP contribution in [-0.2, 0) is 4.79 Å². The van der Waals surface area contributed by atoms with E-state index in [1.807, 2.05) is 49.4 Å². The van der Waals surface area contributed by atoms with E-state index in [1.165, 1.54) is 22.2 Å². The van der Waals surface area contributed by atoms with Crippen LogP contribution < -0.4 is 10.2 Å². The molecule has 1 atom stereocenters. The van der Waals surface area contributed by atoms with Gasteiger partial charge in [0.2, 0.25) is 11.8 Å². The number of rotatable bonds is 8. The van der Waals surface area contributed by atoms with Crippen molar-refractivity contribution in [3.05, 3.63) is 65.7 Å². The molecular formula is C21H25N4O2S+. The van der Waals surface area contributed by atoms with Crippen molar-refractivity contribution in [2.45, 2.75) is 18.2 Å². The molecule has 0 aliphatic carbocycles. The van der Waals surface area contributed by atoms with Crippen LogP contribution in [0.25, 0.3) is 11.5 Å². The maximum absolute atomic E-state index is 12.3. The Hall–Kier alpha value is -2.64. The fourth-order valence-electron chi connectivity index (χ4n) is 2.90. The normalized spacial score (nSPS) is 12.1. The van der Waals surface area contributed by atoms with Crippen LogP contribution in [0, 0.1) is 6.92 Å². The summed E-state index contributed by atoms with van der Waals surface area (Å²) >= 11 is 1.24. The highest BCUT2D eigenvalue weighted by molar-refractivity contribution is 7.99. The van der Waals surface area contributed by atoms with Crippen molar-refractivity contribution in [3.63, 3.8) is 0 Å². The summed E-state index contributed by atoms with van der Waals surface area (Å²) in [5.74, 6) is 0.647. The number of hydrogen-bond donors (Lipinski definition) is 2. The lowest BCUT2D eigenvalue weighted by molar-refractivity contribution is -0.890. The topological polar surface area (TPSA) is 72.5 Å². The van der Waals surface area contributed by atoms with Gasteiger partial charge in [0.15, 0.2) is 0 Å². The molecule has 0 unspecified atom stereocenters. The number of carbonyl (C=O) groups excluding carboxylic acids is 1. The molecule has 0 aliphatic rings. The smallest absolute Gasteiger partial charge is 0.277 e. The molecule has 1 heterocycles. The molecular weight excluding hydrogens is 372 g/mol. The number of aryl methyl sites for hydroxylation is 1. The number of nitrogens with zero attached hydrogens (tertiary/aromatic N) is 2. The predicted molar refractivity (Wildman–Crippen MR) is 110 cm³/mol. The van der Waals surface area contributed by atoms with Gasteiger partial charge in [0.05, 0.1) is 26.4 Å². The van der Waals surface area contributed by atoms with Crippen LogP contribution in [0.2, 0.25) is 0 Å². The zero-order valence-corrected chi connectivity index (χ0v) is 17.1. The van der Waals surface area contributed by atoms with E-state index in [0.717, 1.165) is 11.1 Å². The van der Waals surface area contributed by atoms with E-state index in [1.54, 1.807) is 0 Å². The zero-order valence-electron chi connectivity index (χ0n) is 16.3. The third-order valence-corrected chi connectivity index (χ3v) is 5.22. The Labute approximate surface area is 169 Å². The second-order valence-electron chi connectivity index (χ2n) is 6.88. The average molecular weight is 398 g/mol. The Bertz CT molecular complexity index is 912. The Balaban J connectivity index is 1.52.